The van der Waals surface area contributed by atoms with Crippen molar-refractivity contribution in [3.05, 3.63) is 0 Å². The van der Waals surface area contributed by atoms with Crippen LogP contribution in [0.3, 0.4) is 0 Å². The van der Waals surface area contributed by atoms with Crippen LogP contribution in [0.2, 0.25) is 0 Å². The van der Waals surface area contributed by atoms with Gasteiger partial charge in [0, 0.05) is 12.8 Å². The molecular weight excluding hydrogens is 873 g/mol. The van der Waals surface area contributed by atoms with Crippen molar-refractivity contribution in [3.8, 4) is 0 Å². The number of unbranched alkanes of at least 4 members (excludes halogenated alkanes) is 20. The number of phosphoric ester groups is 3. The SMILES string of the molecule is CCCCCCCCCCCCCCCC(=O)O[C@H](COC(=O)CCCCCCCCCCCS)COP(=O)(O)OC1C(O)[C@H](OP(=O)(O)O)C(O)[C@H](OP(=O)(O)O)[C@@H]1O. The zero-order valence-electron chi connectivity index (χ0n) is 35.0. The van der Waals surface area contributed by atoms with Gasteiger partial charge in [0.15, 0.2) is 6.10 Å². The van der Waals surface area contributed by atoms with Crippen molar-refractivity contribution in [1.29, 1.82) is 0 Å². The summed E-state index contributed by atoms with van der Waals surface area (Å²) in [5, 5.41) is 31.7. The van der Waals surface area contributed by atoms with Crippen LogP contribution in [0.4, 0.5) is 0 Å². The molecule has 23 heteroatoms. The summed E-state index contributed by atoms with van der Waals surface area (Å²) in [6.07, 6.45) is 6.99. The van der Waals surface area contributed by atoms with Gasteiger partial charge in [-0.2, -0.15) is 12.6 Å². The van der Waals surface area contributed by atoms with E-state index in [0.29, 0.717) is 12.8 Å². The lowest BCUT2D eigenvalue weighted by Crippen LogP contribution is -2.65. The molecule has 0 bridgehead atoms. The van der Waals surface area contributed by atoms with Gasteiger partial charge in [-0.1, -0.05) is 129 Å². The lowest BCUT2D eigenvalue weighted by atomic mass is 9.85. The van der Waals surface area contributed by atoms with E-state index in [1.165, 1.54) is 44.9 Å². The first-order valence-electron chi connectivity index (χ1n) is 21.4. The summed E-state index contributed by atoms with van der Waals surface area (Å²) in [6.45, 7) is 0.697. The van der Waals surface area contributed by atoms with Gasteiger partial charge < -0.3 is 49.3 Å². The molecule has 1 aliphatic rings. The number of carbonyl (C=O) groups is 2. The first-order valence-corrected chi connectivity index (χ1v) is 26.6. The Balaban J connectivity index is 2.81. The number of rotatable bonds is 37. The monoisotopic (exact) mass is 946 g/mol. The molecule has 356 valence electrons. The maximum atomic E-state index is 13.1. The van der Waals surface area contributed by atoms with Crippen LogP contribution in [0.15, 0.2) is 0 Å². The molecule has 8 atom stereocenters. The van der Waals surface area contributed by atoms with Gasteiger partial charge in [-0.15, -0.1) is 0 Å². The largest absolute Gasteiger partial charge is 0.472 e. The molecule has 0 aromatic rings. The standard InChI is InChI=1S/C37H73O19P3S/c1-2-3-4-5-6-7-8-9-10-12-16-19-22-25-31(39)53-29(27-51-30(38)24-21-18-15-13-11-14-17-20-23-26-60)28-52-59(49,50)56-37-33(41)35(54-57(43,44)45)32(40)36(34(37)42)55-58(46,47)48/h29,32-37,40-42,60H,2-28H2,1H3,(H,49,50)(H2,43,44,45)(H2,46,47,48)/t29-,32?,33+,34?,35+,36-,37?/m1/s1. The Hall–Kier alpha value is -0.500. The van der Waals surface area contributed by atoms with Crippen molar-refractivity contribution in [2.75, 3.05) is 19.0 Å². The van der Waals surface area contributed by atoms with Gasteiger partial charge >= 0.3 is 35.4 Å². The molecule has 0 radical (unpaired) electrons. The molecule has 60 heavy (non-hydrogen) atoms. The molecular formula is C37H73O19P3S. The van der Waals surface area contributed by atoms with E-state index in [9.17, 15) is 63.1 Å². The molecule has 1 fully saturated rings. The predicted octanol–water partition coefficient (Wildman–Crippen LogP) is 6.31. The van der Waals surface area contributed by atoms with E-state index in [2.05, 4.69) is 28.6 Å². The van der Waals surface area contributed by atoms with E-state index in [-0.39, 0.29) is 12.8 Å². The topological polar surface area (TPSA) is 303 Å². The molecule has 4 unspecified atom stereocenters. The zero-order chi connectivity index (χ0) is 45.0. The lowest BCUT2D eigenvalue weighted by Gasteiger charge is -2.44. The quantitative estimate of drug-likeness (QED) is 0.0143. The summed E-state index contributed by atoms with van der Waals surface area (Å²) in [5.74, 6) is -0.429. The van der Waals surface area contributed by atoms with Crippen molar-refractivity contribution >= 4 is 48.0 Å². The van der Waals surface area contributed by atoms with Crippen LogP contribution >= 0.6 is 36.1 Å². The fourth-order valence-electron chi connectivity index (χ4n) is 6.74. The van der Waals surface area contributed by atoms with Gasteiger partial charge in [0.2, 0.25) is 0 Å². The molecule has 0 saturated heterocycles. The van der Waals surface area contributed by atoms with E-state index >= 15 is 0 Å². The highest BCUT2D eigenvalue weighted by Crippen LogP contribution is 2.51. The fraction of sp³-hybridized carbons (Fsp3) is 0.946. The molecule has 1 aliphatic carbocycles. The Morgan fingerprint density at radius 2 is 0.867 bits per heavy atom. The van der Waals surface area contributed by atoms with Crippen LogP contribution in [0.25, 0.3) is 0 Å². The van der Waals surface area contributed by atoms with Gasteiger partial charge in [0.05, 0.1) is 6.61 Å². The minimum Gasteiger partial charge on any atom is -0.462 e. The Bertz CT molecular complexity index is 1260. The summed E-state index contributed by atoms with van der Waals surface area (Å²) in [4.78, 5) is 72.9. The number of aliphatic hydroxyl groups is 3. The van der Waals surface area contributed by atoms with Crippen molar-refractivity contribution in [1.82, 2.24) is 0 Å². The molecule has 1 saturated carbocycles. The van der Waals surface area contributed by atoms with Crippen LogP contribution in [-0.4, -0.2) is 113 Å². The maximum Gasteiger partial charge on any atom is 0.472 e. The lowest BCUT2D eigenvalue weighted by molar-refractivity contribution is -0.213. The van der Waals surface area contributed by atoms with E-state index in [0.717, 1.165) is 89.2 Å². The van der Waals surface area contributed by atoms with Gasteiger partial charge in [0.25, 0.3) is 0 Å². The predicted molar refractivity (Wildman–Crippen MR) is 224 cm³/mol. The molecule has 1 rings (SSSR count). The van der Waals surface area contributed by atoms with Crippen LogP contribution in [0, 0.1) is 0 Å². The average molecular weight is 947 g/mol. The number of ether oxygens (including phenoxy) is 2. The van der Waals surface area contributed by atoms with E-state index < -0.39 is 91.3 Å². The van der Waals surface area contributed by atoms with Crippen molar-refractivity contribution in [3.63, 3.8) is 0 Å². The molecule has 0 aliphatic heterocycles. The van der Waals surface area contributed by atoms with Crippen molar-refractivity contribution in [2.24, 2.45) is 0 Å². The Kier molecular flexibility index (Phi) is 30.9. The summed E-state index contributed by atoms with van der Waals surface area (Å²) in [6, 6.07) is 0. The van der Waals surface area contributed by atoms with E-state index in [4.69, 9.17) is 18.5 Å². The normalized spacial score (nSPS) is 22.6. The number of hydrogen-bond donors (Lipinski definition) is 9. The number of carbonyl (C=O) groups excluding carboxylic acids is 2. The Labute approximate surface area is 360 Å². The van der Waals surface area contributed by atoms with Crippen LogP contribution < -0.4 is 0 Å². The zero-order valence-corrected chi connectivity index (χ0v) is 38.6. The Morgan fingerprint density at radius 1 is 0.517 bits per heavy atom. The third-order valence-corrected chi connectivity index (χ3v) is 12.3. The van der Waals surface area contributed by atoms with Gasteiger partial charge in [-0.25, -0.2) is 13.7 Å². The molecule has 8 N–H and O–H groups in total. The third kappa shape index (κ3) is 28.3. The molecule has 0 aromatic heterocycles. The van der Waals surface area contributed by atoms with Gasteiger partial charge in [-0.05, 0) is 25.0 Å². The van der Waals surface area contributed by atoms with Crippen molar-refractivity contribution in [2.45, 2.75) is 204 Å². The third-order valence-electron chi connectivity index (χ3n) is 9.97. The highest BCUT2D eigenvalue weighted by Gasteiger charge is 2.56. The van der Waals surface area contributed by atoms with Gasteiger partial charge in [-0.3, -0.25) is 27.7 Å². The van der Waals surface area contributed by atoms with Crippen molar-refractivity contribution < 1.29 is 90.6 Å². The summed E-state index contributed by atoms with van der Waals surface area (Å²) >= 11 is 4.21. The van der Waals surface area contributed by atoms with Gasteiger partial charge in [0.1, 0.15) is 43.2 Å². The van der Waals surface area contributed by atoms with E-state index in [1.807, 2.05) is 0 Å². The number of phosphoric acid groups is 3. The highest BCUT2D eigenvalue weighted by atomic mass is 32.1. The number of aliphatic hydroxyl groups excluding tert-OH is 3. The molecule has 0 heterocycles. The molecule has 0 aromatic carbocycles. The fourth-order valence-corrected chi connectivity index (χ4v) is 9.07. The first kappa shape index (κ1) is 57.5. The second kappa shape index (κ2) is 32.2. The van der Waals surface area contributed by atoms with Crippen LogP contribution in [0.5, 0.6) is 0 Å². The molecule has 0 amide bonds. The molecule has 0 spiro atoms. The summed E-state index contributed by atoms with van der Waals surface area (Å²) < 4.78 is 65.3. The van der Waals surface area contributed by atoms with E-state index in [1.54, 1.807) is 0 Å². The number of hydrogen-bond acceptors (Lipinski definition) is 15. The van der Waals surface area contributed by atoms with Crippen LogP contribution in [-0.2, 0) is 50.9 Å². The second-order valence-corrected chi connectivity index (χ2v) is 19.6. The summed E-state index contributed by atoms with van der Waals surface area (Å²) in [5.41, 5.74) is 0. The maximum absolute atomic E-state index is 13.1. The highest BCUT2D eigenvalue weighted by molar-refractivity contribution is 7.80. The Morgan fingerprint density at radius 3 is 1.25 bits per heavy atom. The summed E-state index contributed by atoms with van der Waals surface area (Å²) in [7, 11) is -16.6. The van der Waals surface area contributed by atoms with Crippen LogP contribution in [0.1, 0.15) is 161 Å². The minimum absolute atomic E-state index is 0.00458. The first-order chi connectivity index (χ1) is 28.3. The molecule has 19 nitrogen and oxygen atoms in total. The minimum atomic E-state index is -5.54. The smallest absolute Gasteiger partial charge is 0.462 e. The number of thiol groups is 1. The number of esters is 2. The second-order valence-electron chi connectivity index (χ2n) is 15.4. The average Bonchev–Trinajstić information content (AvgIpc) is 3.16.